The first kappa shape index (κ1) is 48.6. The highest BCUT2D eigenvalue weighted by molar-refractivity contribution is 6.74. The molecule has 1 saturated carbocycles. The minimum Gasteiger partial charge on any atom is -0.506 e. The maximum Gasteiger partial charge on any atom is 0.412 e. The Kier molecular flexibility index (Phi) is 15.7. The molecule has 1 atom stereocenters. The molecule has 1 aliphatic rings. The van der Waals surface area contributed by atoms with Gasteiger partial charge in [-0.05, 0) is 130 Å². The predicted octanol–water partition coefficient (Wildman–Crippen LogP) is 11.6. The molecule has 0 spiro atoms. The standard InChI is InChI=1S/C52H66N4O8Si/c1-51(2,3)63-49(59)54-38-20-22-39(23-21-38)56(50(60)61)44-28-19-35(32-43(44)37-15-10-9-11-16-37)14-12-13-31-62-40-24-17-36(18-25-40)33-53-34-46(64-65(7,8)52(4,5)6)41-26-29-45(57)48-42(41)27-30-47(58)55-48/h9-12,14-19,24-30,32,38-39,46,53,57H,13,20-23,31,33-34H2,1-8H3,(H,54,59)(H,55,58)(H,60,61)/b14-12+/t38?,39?,46-/m0/s1. The molecular weight excluding hydrogens is 837 g/mol. The number of carbonyl (C=O) groups excluding carboxylic acids is 1. The van der Waals surface area contributed by atoms with Crippen LogP contribution in [0.2, 0.25) is 18.1 Å². The first-order valence-electron chi connectivity index (χ1n) is 22.6. The molecule has 6 rings (SSSR count). The van der Waals surface area contributed by atoms with Gasteiger partial charge in [0.25, 0.3) is 0 Å². The van der Waals surface area contributed by atoms with Crippen LogP contribution < -0.4 is 25.8 Å². The second-order valence-electron chi connectivity index (χ2n) is 19.4. The Bertz CT molecular complexity index is 2480. The molecule has 0 bridgehead atoms. The summed E-state index contributed by atoms with van der Waals surface area (Å²) >= 11 is 0. The molecule has 0 radical (unpaired) electrons. The Hall–Kier alpha value is -5.89. The van der Waals surface area contributed by atoms with Crippen LogP contribution in [0, 0.1) is 0 Å². The van der Waals surface area contributed by atoms with Gasteiger partial charge in [-0.3, -0.25) is 9.69 Å². The number of aromatic hydroxyl groups is 1. The first-order valence-corrected chi connectivity index (χ1v) is 25.5. The minimum absolute atomic E-state index is 0.0196. The van der Waals surface area contributed by atoms with Crippen molar-refractivity contribution in [3.8, 4) is 22.6 Å². The molecule has 2 amide bonds. The molecule has 12 nitrogen and oxygen atoms in total. The molecule has 1 aromatic heterocycles. The second-order valence-corrected chi connectivity index (χ2v) is 24.2. The van der Waals surface area contributed by atoms with E-state index in [9.17, 15) is 24.6 Å². The number of hydrogen-bond donors (Lipinski definition) is 5. The zero-order chi connectivity index (χ0) is 46.9. The number of phenolic OH excluding ortho intramolecular Hbond substituents is 1. The third-order valence-electron chi connectivity index (χ3n) is 12.3. The molecule has 13 heteroatoms. The van der Waals surface area contributed by atoms with Gasteiger partial charge < -0.3 is 39.7 Å². The maximum absolute atomic E-state index is 12.9. The smallest absolute Gasteiger partial charge is 0.412 e. The summed E-state index contributed by atoms with van der Waals surface area (Å²) in [4.78, 5) is 41.7. The molecule has 5 N–H and O–H groups in total. The number of aromatic amines is 1. The van der Waals surface area contributed by atoms with Gasteiger partial charge in [0, 0.05) is 42.2 Å². The van der Waals surface area contributed by atoms with E-state index < -0.39 is 26.1 Å². The highest BCUT2D eigenvalue weighted by atomic mass is 28.4. The van der Waals surface area contributed by atoms with Gasteiger partial charge in [0.15, 0.2) is 8.32 Å². The highest BCUT2D eigenvalue weighted by Gasteiger charge is 2.40. The van der Waals surface area contributed by atoms with Gasteiger partial charge in [-0.1, -0.05) is 87.5 Å². The molecule has 1 aliphatic carbocycles. The zero-order valence-electron chi connectivity index (χ0n) is 39.1. The topological polar surface area (TPSA) is 162 Å². The number of amides is 2. The third-order valence-corrected chi connectivity index (χ3v) is 16.8. The van der Waals surface area contributed by atoms with Crippen molar-refractivity contribution in [3.63, 3.8) is 0 Å². The number of alkyl carbamates (subject to hydrolysis) is 1. The van der Waals surface area contributed by atoms with E-state index >= 15 is 0 Å². The molecular formula is C52H66N4O8Si. The van der Waals surface area contributed by atoms with Gasteiger partial charge >= 0.3 is 12.2 Å². The molecule has 0 unspecified atom stereocenters. The molecule has 1 heterocycles. The summed E-state index contributed by atoms with van der Waals surface area (Å²) < 4.78 is 18.5. The van der Waals surface area contributed by atoms with Crippen LogP contribution in [0.15, 0.2) is 108 Å². The summed E-state index contributed by atoms with van der Waals surface area (Å²) in [5.74, 6) is 0.792. The first-order chi connectivity index (χ1) is 30.8. The monoisotopic (exact) mass is 902 g/mol. The predicted molar refractivity (Wildman–Crippen MR) is 262 cm³/mol. The van der Waals surface area contributed by atoms with Crippen LogP contribution in [-0.2, 0) is 15.7 Å². The van der Waals surface area contributed by atoms with Crippen LogP contribution >= 0.6 is 0 Å². The molecule has 1 fully saturated rings. The SMILES string of the molecule is CC(C)(C)OC(=O)NC1CCC(N(C(=O)O)c2ccc(/C=C/CCOc3ccc(CNC[C@H](O[Si](C)(C)C(C)(C)C)c4ccc(O)c5[nH]c(=O)ccc45)cc3)cc2-c2ccccc2)CC1. The van der Waals surface area contributed by atoms with Crippen molar-refractivity contribution in [1.82, 2.24) is 15.6 Å². The number of pyridine rings is 1. The highest BCUT2D eigenvalue weighted by Crippen LogP contribution is 2.41. The lowest BCUT2D eigenvalue weighted by Crippen LogP contribution is -2.47. The quantitative estimate of drug-likeness (QED) is 0.0479. The number of fused-ring (bicyclic) bond motifs is 1. The molecule has 0 saturated heterocycles. The molecule has 0 aliphatic heterocycles. The summed E-state index contributed by atoms with van der Waals surface area (Å²) in [5, 5.41) is 28.4. The summed E-state index contributed by atoms with van der Waals surface area (Å²) in [6.45, 7) is 18.2. The van der Waals surface area contributed by atoms with Crippen LogP contribution in [0.5, 0.6) is 11.5 Å². The summed E-state index contributed by atoms with van der Waals surface area (Å²) in [6.07, 6.45) is 5.54. The van der Waals surface area contributed by atoms with Crippen molar-refractivity contribution in [3.05, 3.63) is 130 Å². The summed E-state index contributed by atoms with van der Waals surface area (Å²) in [7, 11) is -2.21. The lowest BCUT2D eigenvalue weighted by molar-refractivity contribution is 0.0490. The van der Waals surface area contributed by atoms with E-state index in [-0.39, 0.29) is 34.5 Å². The number of ether oxygens (including phenoxy) is 2. The van der Waals surface area contributed by atoms with Crippen molar-refractivity contribution in [2.45, 2.75) is 122 Å². The van der Waals surface area contributed by atoms with Gasteiger partial charge in [-0.2, -0.15) is 0 Å². The number of carboxylic acid groups (broad SMARTS) is 1. The largest absolute Gasteiger partial charge is 0.506 e. The van der Waals surface area contributed by atoms with E-state index in [1.165, 1.54) is 11.0 Å². The minimum atomic E-state index is -2.21. The lowest BCUT2D eigenvalue weighted by Gasteiger charge is -2.39. The number of phenols is 1. The molecule has 65 heavy (non-hydrogen) atoms. The number of anilines is 1. The van der Waals surface area contributed by atoms with Crippen molar-refractivity contribution >= 4 is 43.2 Å². The fourth-order valence-electron chi connectivity index (χ4n) is 7.93. The fraction of sp³-hybridized carbons (Fsp3) is 0.404. The van der Waals surface area contributed by atoms with Crippen LogP contribution in [0.25, 0.3) is 28.1 Å². The maximum atomic E-state index is 12.9. The fourth-order valence-corrected chi connectivity index (χ4v) is 9.20. The van der Waals surface area contributed by atoms with E-state index in [0.29, 0.717) is 63.0 Å². The number of rotatable bonds is 16. The Morgan fingerprint density at radius 3 is 2.28 bits per heavy atom. The zero-order valence-corrected chi connectivity index (χ0v) is 40.1. The van der Waals surface area contributed by atoms with Gasteiger partial charge in [0.05, 0.1) is 23.9 Å². The Balaban J connectivity index is 1.05. The Morgan fingerprint density at radius 2 is 1.62 bits per heavy atom. The van der Waals surface area contributed by atoms with Crippen molar-refractivity contribution in [1.29, 1.82) is 0 Å². The number of nitrogens with one attached hydrogen (secondary N) is 3. The number of hydrogen-bond acceptors (Lipinski definition) is 8. The average molecular weight is 903 g/mol. The van der Waals surface area contributed by atoms with E-state index in [4.69, 9.17) is 13.9 Å². The van der Waals surface area contributed by atoms with E-state index in [1.807, 2.05) is 106 Å². The second kappa shape index (κ2) is 20.9. The summed E-state index contributed by atoms with van der Waals surface area (Å²) in [5.41, 5.74) is 4.88. The van der Waals surface area contributed by atoms with Crippen LogP contribution in [0.3, 0.4) is 0 Å². The van der Waals surface area contributed by atoms with Gasteiger partial charge in [0.2, 0.25) is 5.56 Å². The van der Waals surface area contributed by atoms with E-state index in [2.05, 4.69) is 55.6 Å². The summed E-state index contributed by atoms with van der Waals surface area (Å²) in [6, 6.07) is 30.2. The van der Waals surface area contributed by atoms with Crippen LogP contribution in [0.4, 0.5) is 15.3 Å². The van der Waals surface area contributed by atoms with Gasteiger partial charge in [-0.25, -0.2) is 9.59 Å². The number of H-pyrrole nitrogens is 1. The average Bonchev–Trinajstić information content (AvgIpc) is 3.24. The van der Waals surface area contributed by atoms with Gasteiger partial charge in [-0.15, -0.1) is 0 Å². The van der Waals surface area contributed by atoms with Crippen LogP contribution in [-0.4, -0.2) is 66.5 Å². The Labute approximate surface area is 384 Å². The normalized spacial score (nSPS) is 16.3. The third kappa shape index (κ3) is 13.1. The molecule has 346 valence electrons. The van der Waals surface area contributed by atoms with Crippen molar-refractivity contribution in [2.75, 3.05) is 18.1 Å². The van der Waals surface area contributed by atoms with Crippen molar-refractivity contribution in [2.24, 2.45) is 0 Å². The van der Waals surface area contributed by atoms with E-state index in [1.54, 1.807) is 12.1 Å². The number of nitrogens with zero attached hydrogens (tertiary/aromatic N) is 1. The number of aromatic nitrogens is 1. The number of carbonyl (C=O) groups is 2. The van der Waals surface area contributed by atoms with Crippen molar-refractivity contribution < 1.29 is 33.7 Å². The van der Waals surface area contributed by atoms with Crippen LogP contribution in [0.1, 0.15) is 96.4 Å². The Morgan fingerprint density at radius 1 is 0.908 bits per heavy atom. The molecule has 4 aromatic carbocycles. The van der Waals surface area contributed by atoms with E-state index in [0.717, 1.165) is 39.0 Å². The lowest BCUT2D eigenvalue weighted by atomic mass is 9.89. The van der Waals surface area contributed by atoms with Gasteiger partial charge in [0.1, 0.15) is 17.1 Å². The molecule has 5 aromatic rings. The number of benzene rings is 4.